The van der Waals surface area contributed by atoms with Gasteiger partial charge in [-0.1, -0.05) is 24.3 Å². The second-order valence-electron chi connectivity index (χ2n) is 7.41. The van der Waals surface area contributed by atoms with Crippen molar-refractivity contribution in [3.05, 3.63) is 53.6 Å². The number of aliphatic hydroxyl groups is 2. The number of nitrogens with zero attached hydrogens (tertiary/aromatic N) is 2. The van der Waals surface area contributed by atoms with Crippen molar-refractivity contribution in [2.75, 3.05) is 13.3 Å². The third kappa shape index (κ3) is 6.59. The highest BCUT2D eigenvalue weighted by atomic mass is 16.5. The Labute approximate surface area is 189 Å². The van der Waals surface area contributed by atoms with Crippen molar-refractivity contribution in [1.82, 2.24) is 10.2 Å². The van der Waals surface area contributed by atoms with Crippen LogP contribution in [0.4, 0.5) is 4.79 Å². The van der Waals surface area contributed by atoms with Gasteiger partial charge >= 0.3 is 6.03 Å². The first-order chi connectivity index (χ1) is 15.7. The second-order valence-corrected chi connectivity index (χ2v) is 7.41. The van der Waals surface area contributed by atoms with Crippen LogP contribution in [0.2, 0.25) is 0 Å². The predicted molar refractivity (Wildman–Crippen MR) is 120 cm³/mol. The lowest BCUT2D eigenvalue weighted by Gasteiger charge is -2.29. The van der Waals surface area contributed by atoms with E-state index in [2.05, 4.69) is 10.3 Å². The molecule has 0 radical (unpaired) electrons. The van der Waals surface area contributed by atoms with Gasteiger partial charge in [-0.05, 0) is 35.4 Å². The van der Waals surface area contributed by atoms with Crippen LogP contribution in [0, 0.1) is 0 Å². The van der Waals surface area contributed by atoms with Gasteiger partial charge in [0.1, 0.15) is 36.2 Å². The van der Waals surface area contributed by atoms with E-state index in [4.69, 9.17) is 20.7 Å². The molecule has 2 aromatic carbocycles. The standard InChI is InChI=1S/C14H12O3.C8H14N4O4/c15-12-5-3-10(4-6-12)1-2-11-7-13(16)9-14(17)8-11;9-7-10-3-12(8(15)11-7)6-1-4(14)5(2-13)16-6/h1-9,15-17H;4-6,13-14H,1-3H2,(H3,9,10,11,15)/b2-1+;/t;4-,5+,6+/m.0/s1. The molecule has 0 spiro atoms. The lowest BCUT2D eigenvalue weighted by molar-refractivity contribution is -0.0637. The summed E-state index contributed by atoms with van der Waals surface area (Å²) in [6.07, 6.45) is 1.85. The fraction of sp³-hybridized carbons (Fsp3) is 0.273. The molecule has 0 bridgehead atoms. The zero-order valence-corrected chi connectivity index (χ0v) is 17.6. The predicted octanol–water partition coefficient (Wildman–Crippen LogP) is 0.726. The van der Waals surface area contributed by atoms with Crippen molar-refractivity contribution in [1.29, 1.82) is 0 Å². The molecule has 0 saturated carbocycles. The summed E-state index contributed by atoms with van der Waals surface area (Å²) >= 11 is 0. The fourth-order valence-electron chi connectivity index (χ4n) is 3.22. The van der Waals surface area contributed by atoms with E-state index in [0.29, 0.717) is 5.56 Å². The van der Waals surface area contributed by atoms with E-state index in [1.54, 1.807) is 42.5 Å². The van der Waals surface area contributed by atoms with Gasteiger partial charge in [0.05, 0.1) is 12.7 Å². The van der Waals surface area contributed by atoms with E-state index in [9.17, 15) is 20.1 Å². The summed E-state index contributed by atoms with van der Waals surface area (Å²) in [5, 5.41) is 48.5. The summed E-state index contributed by atoms with van der Waals surface area (Å²) in [4.78, 5) is 16.7. The number of hydrogen-bond donors (Lipinski definition) is 7. The van der Waals surface area contributed by atoms with Gasteiger partial charge in [0.25, 0.3) is 0 Å². The number of phenolic OH excluding ortho intramolecular Hbond substituents is 3. The molecule has 0 aliphatic carbocycles. The first kappa shape index (κ1) is 23.9. The van der Waals surface area contributed by atoms with Gasteiger partial charge in [-0.3, -0.25) is 10.2 Å². The second kappa shape index (κ2) is 10.7. The monoisotopic (exact) mass is 458 g/mol. The van der Waals surface area contributed by atoms with Crippen molar-refractivity contribution in [2.45, 2.75) is 24.9 Å². The number of amides is 2. The number of carbonyl (C=O) groups is 1. The first-order valence-electron chi connectivity index (χ1n) is 10.1. The Morgan fingerprint density at radius 1 is 1.06 bits per heavy atom. The molecule has 2 heterocycles. The van der Waals surface area contributed by atoms with Crippen LogP contribution in [-0.2, 0) is 4.74 Å². The Kier molecular flexibility index (Phi) is 7.72. The third-order valence-corrected chi connectivity index (χ3v) is 4.91. The molecule has 0 aromatic heterocycles. The van der Waals surface area contributed by atoms with Crippen molar-refractivity contribution in [2.24, 2.45) is 10.7 Å². The van der Waals surface area contributed by atoms with Crippen LogP contribution in [0.3, 0.4) is 0 Å². The summed E-state index contributed by atoms with van der Waals surface area (Å²) in [7, 11) is 0. The number of carbonyl (C=O) groups excluding carboxylic acids is 1. The van der Waals surface area contributed by atoms with E-state index < -0.39 is 24.5 Å². The average molecular weight is 458 g/mol. The van der Waals surface area contributed by atoms with E-state index in [1.165, 1.54) is 11.0 Å². The Hall–Kier alpha value is -3.80. The van der Waals surface area contributed by atoms with Crippen LogP contribution >= 0.6 is 0 Å². The number of ether oxygens (including phenoxy) is 1. The van der Waals surface area contributed by atoms with Gasteiger partial charge in [-0.2, -0.15) is 0 Å². The van der Waals surface area contributed by atoms with Gasteiger partial charge in [-0.25, -0.2) is 9.79 Å². The number of benzene rings is 2. The molecule has 33 heavy (non-hydrogen) atoms. The van der Waals surface area contributed by atoms with Crippen LogP contribution in [-0.4, -0.2) is 74.1 Å². The largest absolute Gasteiger partial charge is 0.508 e. The topological polar surface area (TPSA) is 181 Å². The number of nitrogens with one attached hydrogen (secondary N) is 1. The molecule has 11 nitrogen and oxygen atoms in total. The van der Waals surface area contributed by atoms with Gasteiger partial charge in [0.2, 0.25) is 0 Å². The summed E-state index contributed by atoms with van der Waals surface area (Å²) in [6.45, 7) is -0.189. The van der Waals surface area contributed by atoms with Crippen molar-refractivity contribution < 1.29 is 35.1 Å². The molecule has 176 valence electrons. The van der Waals surface area contributed by atoms with Crippen LogP contribution in [0.5, 0.6) is 17.2 Å². The highest BCUT2D eigenvalue weighted by Gasteiger charge is 2.39. The number of phenols is 3. The van der Waals surface area contributed by atoms with E-state index >= 15 is 0 Å². The molecule has 1 fully saturated rings. The van der Waals surface area contributed by atoms with Crippen molar-refractivity contribution in [3.8, 4) is 17.2 Å². The number of hydrogen-bond acceptors (Lipinski definition) is 9. The highest BCUT2D eigenvalue weighted by molar-refractivity contribution is 5.96. The molecule has 8 N–H and O–H groups in total. The average Bonchev–Trinajstić information content (AvgIpc) is 3.13. The summed E-state index contributed by atoms with van der Waals surface area (Å²) in [5.41, 5.74) is 6.95. The zero-order valence-electron chi connectivity index (χ0n) is 17.6. The Bertz CT molecular complexity index is 1010. The summed E-state index contributed by atoms with van der Waals surface area (Å²) < 4.78 is 5.32. The van der Waals surface area contributed by atoms with E-state index in [0.717, 1.165) is 5.56 Å². The van der Waals surface area contributed by atoms with E-state index in [-0.39, 0.29) is 42.9 Å². The number of aliphatic imine (C=N–C) groups is 1. The minimum atomic E-state index is -0.772. The molecule has 2 aromatic rings. The van der Waals surface area contributed by atoms with Crippen LogP contribution in [0.1, 0.15) is 17.5 Å². The van der Waals surface area contributed by atoms with Gasteiger partial charge in [-0.15, -0.1) is 0 Å². The minimum Gasteiger partial charge on any atom is -0.508 e. The third-order valence-electron chi connectivity index (χ3n) is 4.91. The number of urea groups is 1. The molecule has 0 unspecified atom stereocenters. The molecule has 4 rings (SSSR count). The molecule has 2 aliphatic rings. The van der Waals surface area contributed by atoms with Crippen molar-refractivity contribution >= 4 is 24.1 Å². The molecule has 1 saturated heterocycles. The molecule has 3 atom stereocenters. The number of nitrogens with two attached hydrogens (primary N) is 1. The van der Waals surface area contributed by atoms with Gasteiger partial charge in [0, 0.05) is 12.5 Å². The van der Waals surface area contributed by atoms with Gasteiger partial charge in [0.15, 0.2) is 5.96 Å². The molecule has 11 heteroatoms. The minimum absolute atomic E-state index is 0.0235. The quantitative estimate of drug-likeness (QED) is 0.327. The molecular formula is C22H26N4O7. The normalized spacial score (nSPS) is 22.5. The number of guanidine groups is 1. The summed E-state index contributed by atoms with van der Waals surface area (Å²) in [5.74, 6) is 0.335. The van der Waals surface area contributed by atoms with Crippen LogP contribution < -0.4 is 11.1 Å². The SMILES string of the molecule is NC1=NCN([C@H]2C[C@H](O)[C@@H](CO)O2)C(=O)N1.Oc1ccc(/C=C/c2cc(O)cc(O)c2)cc1. The zero-order chi connectivity index (χ0) is 24.0. The molecule has 2 aliphatic heterocycles. The maximum atomic E-state index is 11.5. The van der Waals surface area contributed by atoms with E-state index in [1.807, 2.05) is 6.08 Å². The summed E-state index contributed by atoms with van der Waals surface area (Å²) in [6, 6.07) is 10.7. The van der Waals surface area contributed by atoms with Crippen LogP contribution in [0.25, 0.3) is 12.2 Å². The lowest BCUT2D eigenvalue weighted by atomic mass is 10.1. The molecule has 2 amide bonds. The maximum absolute atomic E-state index is 11.5. The van der Waals surface area contributed by atoms with Crippen molar-refractivity contribution in [3.63, 3.8) is 0 Å². The number of aromatic hydroxyl groups is 3. The maximum Gasteiger partial charge on any atom is 0.327 e. The van der Waals surface area contributed by atoms with Gasteiger partial charge < -0.3 is 36.0 Å². The smallest absolute Gasteiger partial charge is 0.327 e. The molecular weight excluding hydrogens is 432 g/mol. The number of aliphatic hydroxyl groups excluding tert-OH is 2. The highest BCUT2D eigenvalue weighted by Crippen LogP contribution is 2.24. The Morgan fingerprint density at radius 2 is 1.70 bits per heavy atom. The Morgan fingerprint density at radius 3 is 2.27 bits per heavy atom. The Balaban J connectivity index is 0.000000186. The lowest BCUT2D eigenvalue weighted by Crippen LogP contribution is -2.54. The fourth-order valence-corrected chi connectivity index (χ4v) is 3.22. The number of rotatable bonds is 4. The van der Waals surface area contributed by atoms with Crippen LogP contribution in [0.15, 0.2) is 47.5 Å². The first-order valence-corrected chi connectivity index (χ1v) is 10.1.